The van der Waals surface area contributed by atoms with E-state index in [0.717, 1.165) is 24.9 Å². The lowest BCUT2D eigenvalue weighted by Crippen LogP contribution is -2.54. The van der Waals surface area contributed by atoms with Crippen molar-refractivity contribution in [1.29, 1.82) is 0 Å². The van der Waals surface area contributed by atoms with Crippen molar-refractivity contribution in [3.63, 3.8) is 0 Å². The van der Waals surface area contributed by atoms with Crippen molar-refractivity contribution < 1.29 is 4.79 Å². The molecule has 2 saturated heterocycles. The number of amides is 1. The van der Waals surface area contributed by atoms with Gasteiger partial charge in [0.1, 0.15) is 0 Å². The largest absolute Gasteiger partial charge is 0.338 e. The molecule has 0 aromatic rings. The lowest BCUT2D eigenvalue weighted by molar-refractivity contribution is -0.140. The van der Waals surface area contributed by atoms with Crippen LogP contribution in [-0.2, 0) is 4.79 Å². The number of hydrogen-bond acceptors (Lipinski definition) is 2. The van der Waals surface area contributed by atoms with Crippen LogP contribution in [0.3, 0.4) is 0 Å². The van der Waals surface area contributed by atoms with E-state index in [1.807, 2.05) is 0 Å². The van der Waals surface area contributed by atoms with Gasteiger partial charge in [-0.1, -0.05) is 0 Å². The van der Waals surface area contributed by atoms with Crippen molar-refractivity contribution in [3.8, 4) is 0 Å². The van der Waals surface area contributed by atoms with Crippen LogP contribution in [0.4, 0.5) is 0 Å². The molecule has 1 N–H and O–H groups in total. The molecule has 4 unspecified atom stereocenters. The summed E-state index contributed by atoms with van der Waals surface area (Å²) in [6.45, 7) is 2.17. The summed E-state index contributed by atoms with van der Waals surface area (Å²) >= 11 is 0. The van der Waals surface area contributed by atoms with Gasteiger partial charge in [-0.15, -0.1) is 0 Å². The van der Waals surface area contributed by atoms with E-state index in [0.29, 0.717) is 23.9 Å². The number of carbonyl (C=O) groups is 1. The Labute approximate surface area is 116 Å². The number of nitrogens with zero attached hydrogens (tertiary/aromatic N) is 1. The second-order valence-electron chi connectivity index (χ2n) is 7.22. The van der Waals surface area contributed by atoms with Crippen molar-refractivity contribution in [3.05, 3.63) is 0 Å². The van der Waals surface area contributed by atoms with Gasteiger partial charge in [0.15, 0.2) is 0 Å². The minimum absolute atomic E-state index is 0.380. The number of rotatable bonds is 2. The summed E-state index contributed by atoms with van der Waals surface area (Å²) in [6, 6.07) is 1.08. The molecule has 2 aliphatic carbocycles. The van der Waals surface area contributed by atoms with Crippen molar-refractivity contribution >= 4 is 5.91 Å². The van der Waals surface area contributed by atoms with E-state index >= 15 is 0 Å². The number of piperidine rings is 1. The molecular formula is C16H26N2O. The zero-order chi connectivity index (χ0) is 12.8. The summed E-state index contributed by atoms with van der Waals surface area (Å²) < 4.78 is 0. The molecule has 4 aliphatic rings. The molecule has 3 nitrogen and oxygen atoms in total. The first kappa shape index (κ1) is 12.2. The molecule has 3 heteroatoms. The maximum absolute atomic E-state index is 12.8. The Balaban J connectivity index is 1.45. The van der Waals surface area contributed by atoms with Gasteiger partial charge in [0.2, 0.25) is 5.91 Å². The van der Waals surface area contributed by atoms with Crippen LogP contribution in [0.5, 0.6) is 0 Å². The summed E-state index contributed by atoms with van der Waals surface area (Å²) in [4.78, 5) is 15.1. The third-order valence-corrected chi connectivity index (χ3v) is 5.99. The Morgan fingerprint density at radius 2 is 1.84 bits per heavy atom. The van der Waals surface area contributed by atoms with E-state index in [1.165, 1.54) is 51.4 Å². The van der Waals surface area contributed by atoms with Crippen LogP contribution < -0.4 is 5.32 Å². The molecular weight excluding hydrogens is 236 g/mol. The molecule has 4 rings (SSSR count). The summed E-state index contributed by atoms with van der Waals surface area (Å²) in [7, 11) is 0. The third kappa shape index (κ3) is 2.20. The minimum Gasteiger partial charge on any atom is -0.338 e. The van der Waals surface area contributed by atoms with Crippen LogP contribution >= 0.6 is 0 Å². The number of likely N-dealkylation sites (tertiary alicyclic amines) is 1. The fourth-order valence-corrected chi connectivity index (χ4v) is 4.84. The Kier molecular flexibility index (Phi) is 3.06. The molecule has 4 atom stereocenters. The van der Waals surface area contributed by atoms with Crippen LogP contribution in [0.2, 0.25) is 0 Å². The number of nitrogens with one attached hydrogen (secondary N) is 1. The SMILES string of the molecule is O=C(C1CC2CC2C1)N1CCCCC1C1CCCN1. The highest BCUT2D eigenvalue weighted by Crippen LogP contribution is 2.54. The van der Waals surface area contributed by atoms with Crippen molar-refractivity contribution in [2.24, 2.45) is 17.8 Å². The van der Waals surface area contributed by atoms with Crippen LogP contribution in [0, 0.1) is 17.8 Å². The van der Waals surface area contributed by atoms with Crippen molar-refractivity contribution in [2.75, 3.05) is 13.1 Å². The fourth-order valence-electron chi connectivity index (χ4n) is 4.84. The first-order valence-corrected chi connectivity index (χ1v) is 8.37. The first-order valence-electron chi connectivity index (χ1n) is 8.37. The molecule has 2 aliphatic heterocycles. The van der Waals surface area contributed by atoms with Crippen LogP contribution in [0.15, 0.2) is 0 Å². The molecule has 4 fully saturated rings. The van der Waals surface area contributed by atoms with E-state index in [4.69, 9.17) is 0 Å². The van der Waals surface area contributed by atoms with E-state index in [-0.39, 0.29) is 0 Å². The van der Waals surface area contributed by atoms with Crippen molar-refractivity contribution in [2.45, 2.75) is 63.5 Å². The standard InChI is InChI=1S/C16H26N2O/c19-16(13-9-11-8-12(11)10-13)18-7-2-1-5-15(18)14-4-3-6-17-14/h11-15,17H,1-10H2. The van der Waals surface area contributed by atoms with Gasteiger partial charge < -0.3 is 10.2 Å². The molecule has 2 saturated carbocycles. The molecule has 0 spiro atoms. The molecule has 106 valence electrons. The maximum Gasteiger partial charge on any atom is 0.226 e. The maximum atomic E-state index is 12.8. The molecule has 0 radical (unpaired) electrons. The fraction of sp³-hybridized carbons (Fsp3) is 0.938. The van der Waals surface area contributed by atoms with Gasteiger partial charge in [-0.25, -0.2) is 0 Å². The molecule has 0 bridgehead atoms. The predicted molar refractivity (Wildman–Crippen MR) is 74.7 cm³/mol. The lowest BCUT2D eigenvalue weighted by atomic mass is 9.92. The summed E-state index contributed by atoms with van der Waals surface area (Å²) in [5.74, 6) is 2.72. The smallest absolute Gasteiger partial charge is 0.226 e. The Bertz CT molecular complexity index is 354. The third-order valence-electron chi connectivity index (χ3n) is 5.99. The van der Waals surface area contributed by atoms with Crippen LogP contribution in [-0.4, -0.2) is 36.0 Å². The average Bonchev–Trinajstić information content (AvgIpc) is 2.88. The van der Waals surface area contributed by atoms with Gasteiger partial charge in [-0.3, -0.25) is 4.79 Å². The molecule has 0 aromatic carbocycles. The van der Waals surface area contributed by atoms with Gasteiger partial charge in [-0.05, 0) is 69.7 Å². The van der Waals surface area contributed by atoms with Gasteiger partial charge >= 0.3 is 0 Å². The highest BCUT2D eigenvalue weighted by molar-refractivity contribution is 5.80. The van der Waals surface area contributed by atoms with Crippen molar-refractivity contribution in [1.82, 2.24) is 10.2 Å². The van der Waals surface area contributed by atoms with Gasteiger partial charge in [-0.2, -0.15) is 0 Å². The second-order valence-corrected chi connectivity index (χ2v) is 7.22. The highest BCUT2D eigenvalue weighted by atomic mass is 16.2. The predicted octanol–water partition coefficient (Wildman–Crippen LogP) is 2.17. The Morgan fingerprint density at radius 3 is 2.58 bits per heavy atom. The summed E-state index contributed by atoms with van der Waals surface area (Å²) in [6.07, 6.45) is 10.1. The highest BCUT2D eigenvalue weighted by Gasteiger charge is 2.49. The molecule has 2 heterocycles. The Hall–Kier alpha value is -0.570. The average molecular weight is 262 g/mol. The zero-order valence-corrected chi connectivity index (χ0v) is 11.8. The van der Waals surface area contributed by atoms with Gasteiger partial charge in [0, 0.05) is 24.5 Å². The lowest BCUT2D eigenvalue weighted by Gasteiger charge is -2.40. The second kappa shape index (κ2) is 4.76. The topological polar surface area (TPSA) is 32.3 Å². The first-order chi connectivity index (χ1) is 9.33. The normalized spacial score (nSPS) is 45.3. The molecule has 19 heavy (non-hydrogen) atoms. The van der Waals surface area contributed by atoms with Crippen LogP contribution in [0.1, 0.15) is 51.4 Å². The summed E-state index contributed by atoms with van der Waals surface area (Å²) in [5, 5.41) is 3.63. The Morgan fingerprint density at radius 1 is 1.00 bits per heavy atom. The van der Waals surface area contributed by atoms with E-state index in [1.54, 1.807) is 0 Å². The molecule has 1 amide bonds. The number of hydrogen-bond donors (Lipinski definition) is 1. The number of carbonyl (C=O) groups excluding carboxylic acids is 1. The zero-order valence-electron chi connectivity index (χ0n) is 11.8. The van der Waals surface area contributed by atoms with E-state index in [2.05, 4.69) is 10.2 Å². The quantitative estimate of drug-likeness (QED) is 0.827. The summed E-state index contributed by atoms with van der Waals surface area (Å²) in [5.41, 5.74) is 0. The van der Waals surface area contributed by atoms with E-state index < -0.39 is 0 Å². The minimum atomic E-state index is 0.380. The van der Waals surface area contributed by atoms with E-state index in [9.17, 15) is 4.79 Å². The van der Waals surface area contributed by atoms with Gasteiger partial charge in [0.25, 0.3) is 0 Å². The monoisotopic (exact) mass is 262 g/mol. The van der Waals surface area contributed by atoms with Crippen LogP contribution in [0.25, 0.3) is 0 Å². The van der Waals surface area contributed by atoms with Gasteiger partial charge in [0.05, 0.1) is 0 Å². The number of fused-ring (bicyclic) bond motifs is 1. The molecule has 0 aromatic heterocycles.